The van der Waals surface area contributed by atoms with Gasteiger partial charge in [0, 0.05) is 5.56 Å². The van der Waals surface area contributed by atoms with Gasteiger partial charge in [-0.25, -0.2) is 0 Å². The van der Waals surface area contributed by atoms with E-state index in [2.05, 4.69) is 49.9 Å². The molecule has 2 aromatic carbocycles. The summed E-state index contributed by atoms with van der Waals surface area (Å²) in [6, 6.07) is 16.0. The molecule has 0 fully saturated rings. The average molecular weight is 448 g/mol. The molecule has 5 nitrogen and oxygen atoms in total. The summed E-state index contributed by atoms with van der Waals surface area (Å²) in [5.41, 5.74) is 3.06. The summed E-state index contributed by atoms with van der Waals surface area (Å²) in [4.78, 5) is 18.0. The van der Waals surface area contributed by atoms with E-state index in [1.54, 1.807) is 0 Å². The maximum absolute atomic E-state index is 12.8. The molecule has 0 radical (unpaired) electrons. The van der Waals surface area contributed by atoms with Gasteiger partial charge in [0.05, 0.1) is 11.1 Å². The fraction of sp³-hybridized carbons (Fsp3) is 0.346. The molecule has 166 valence electrons. The predicted octanol–water partition coefficient (Wildman–Crippen LogP) is 5.23. The van der Waals surface area contributed by atoms with E-state index < -0.39 is 0 Å². The Hall–Kier alpha value is -2.99. The average Bonchev–Trinajstić information content (AvgIpc) is 3.31. The van der Waals surface area contributed by atoms with E-state index in [1.807, 2.05) is 42.5 Å². The lowest BCUT2D eigenvalue weighted by molar-refractivity contribution is 0.306. The maximum atomic E-state index is 12.8. The molecule has 0 aliphatic carbocycles. The summed E-state index contributed by atoms with van der Waals surface area (Å²) in [5.74, 6) is 1.43. The largest absolute Gasteiger partial charge is 0.494 e. The van der Waals surface area contributed by atoms with Gasteiger partial charge in [0.15, 0.2) is 5.82 Å². The monoisotopic (exact) mass is 447 g/mol. The molecule has 2 aromatic heterocycles. The number of nitrogens with zero attached hydrogens (tertiary/aromatic N) is 3. The molecule has 4 rings (SSSR count). The topological polar surface area (TPSA) is 56.5 Å². The summed E-state index contributed by atoms with van der Waals surface area (Å²) in [7, 11) is 0. The Kier molecular flexibility index (Phi) is 6.42. The van der Waals surface area contributed by atoms with Gasteiger partial charge in [-0.15, -0.1) is 5.10 Å². The second-order valence-electron chi connectivity index (χ2n) is 9.00. The highest BCUT2D eigenvalue weighted by Gasteiger charge is 2.15. The minimum atomic E-state index is -0.144. The Bertz CT molecular complexity index is 1300. The molecule has 0 atom stereocenters. The van der Waals surface area contributed by atoms with Crippen molar-refractivity contribution >= 4 is 22.4 Å². The molecule has 0 aliphatic rings. The third-order valence-corrected chi connectivity index (χ3v) is 6.34. The Labute approximate surface area is 192 Å². The first kappa shape index (κ1) is 22.2. The van der Waals surface area contributed by atoms with Gasteiger partial charge >= 0.3 is 0 Å². The van der Waals surface area contributed by atoms with Gasteiger partial charge < -0.3 is 4.74 Å². The summed E-state index contributed by atoms with van der Waals surface area (Å²) in [6.45, 7) is 9.46. The van der Waals surface area contributed by atoms with Crippen molar-refractivity contribution in [1.29, 1.82) is 0 Å². The number of rotatable bonds is 7. The van der Waals surface area contributed by atoms with Crippen molar-refractivity contribution in [2.45, 2.75) is 52.4 Å². The summed E-state index contributed by atoms with van der Waals surface area (Å²) in [5, 5.41) is 4.46. The van der Waals surface area contributed by atoms with Crippen LogP contribution in [-0.2, 0) is 5.41 Å². The predicted molar refractivity (Wildman–Crippen MR) is 132 cm³/mol. The van der Waals surface area contributed by atoms with Crippen LogP contribution in [0.5, 0.6) is 5.75 Å². The van der Waals surface area contributed by atoms with Crippen molar-refractivity contribution in [3.05, 3.63) is 74.5 Å². The third-order valence-electron chi connectivity index (χ3n) is 5.39. The zero-order valence-corrected chi connectivity index (χ0v) is 19.9. The molecular formula is C26H29N3O2S. The molecule has 0 amide bonds. The van der Waals surface area contributed by atoms with Crippen molar-refractivity contribution in [3.63, 3.8) is 0 Å². The first-order valence-corrected chi connectivity index (χ1v) is 11.9. The number of ether oxygens (including phenoxy) is 1. The molecule has 0 saturated carbocycles. The molecule has 0 N–H and O–H groups in total. The number of thiazole rings is 1. The quantitative estimate of drug-likeness (QED) is 0.364. The van der Waals surface area contributed by atoms with Gasteiger partial charge in [0.1, 0.15) is 5.75 Å². The first-order valence-electron chi connectivity index (χ1n) is 11.1. The highest BCUT2D eigenvalue weighted by atomic mass is 32.1. The van der Waals surface area contributed by atoms with Crippen molar-refractivity contribution < 1.29 is 4.74 Å². The molecular weight excluding hydrogens is 418 g/mol. The van der Waals surface area contributed by atoms with Crippen LogP contribution in [-0.4, -0.2) is 21.2 Å². The Morgan fingerprint density at radius 2 is 1.75 bits per heavy atom. The zero-order valence-electron chi connectivity index (χ0n) is 19.1. The number of hydrogen-bond acceptors (Lipinski definition) is 5. The van der Waals surface area contributed by atoms with Gasteiger partial charge in [0.25, 0.3) is 5.56 Å². The lowest BCUT2D eigenvalue weighted by Gasteiger charge is -2.18. The van der Waals surface area contributed by atoms with Gasteiger partial charge in [-0.05, 0) is 41.2 Å². The van der Waals surface area contributed by atoms with Crippen LogP contribution in [0.4, 0.5) is 0 Å². The van der Waals surface area contributed by atoms with Gasteiger partial charge in [-0.2, -0.15) is 9.50 Å². The van der Waals surface area contributed by atoms with Gasteiger partial charge in [0.2, 0.25) is 4.96 Å². The first-order chi connectivity index (χ1) is 15.3. The maximum Gasteiger partial charge on any atom is 0.291 e. The second kappa shape index (κ2) is 9.25. The number of hydrogen-bond donors (Lipinski definition) is 0. The van der Waals surface area contributed by atoms with Crippen LogP contribution in [0.1, 0.15) is 58.1 Å². The molecule has 0 aliphatic heterocycles. The Balaban J connectivity index is 1.54. The highest BCUT2D eigenvalue weighted by Crippen LogP contribution is 2.25. The summed E-state index contributed by atoms with van der Waals surface area (Å²) < 4.78 is 7.77. The fourth-order valence-corrected chi connectivity index (χ4v) is 4.34. The van der Waals surface area contributed by atoms with Crippen molar-refractivity contribution in [1.82, 2.24) is 14.6 Å². The van der Waals surface area contributed by atoms with Crippen LogP contribution in [0, 0.1) is 0 Å². The molecule has 0 spiro atoms. The van der Waals surface area contributed by atoms with E-state index in [9.17, 15) is 4.79 Å². The molecule has 2 heterocycles. The van der Waals surface area contributed by atoms with Crippen LogP contribution in [0.25, 0.3) is 22.4 Å². The van der Waals surface area contributed by atoms with E-state index in [1.165, 1.54) is 34.3 Å². The SMILES string of the molecule is CCCCCOc1ccc(C=c2sc3nc(-c4ccc(C(C)(C)C)cc4)nn3c2=O)cc1. The molecule has 0 unspecified atom stereocenters. The lowest BCUT2D eigenvalue weighted by Crippen LogP contribution is -2.23. The third kappa shape index (κ3) is 4.91. The van der Waals surface area contributed by atoms with Crippen LogP contribution in [0.15, 0.2) is 53.3 Å². The Morgan fingerprint density at radius 1 is 1.03 bits per heavy atom. The molecule has 4 aromatic rings. The van der Waals surface area contributed by atoms with Crippen molar-refractivity contribution in [3.8, 4) is 17.1 Å². The van der Waals surface area contributed by atoms with Crippen LogP contribution < -0.4 is 14.8 Å². The number of fused-ring (bicyclic) bond motifs is 1. The summed E-state index contributed by atoms with van der Waals surface area (Å²) >= 11 is 1.36. The zero-order chi connectivity index (χ0) is 22.7. The van der Waals surface area contributed by atoms with Crippen LogP contribution >= 0.6 is 11.3 Å². The standard InChI is InChI=1S/C26H29N3O2S/c1-5-6-7-16-31-21-14-8-18(9-15-21)17-22-24(30)29-25(32-22)27-23(28-29)19-10-12-20(13-11-19)26(2,3)4/h8-15,17H,5-7,16H2,1-4H3. The Morgan fingerprint density at radius 3 is 2.38 bits per heavy atom. The van der Waals surface area contributed by atoms with E-state index in [0.29, 0.717) is 15.3 Å². The number of benzene rings is 2. The number of aromatic nitrogens is 3. The second-order valence-corrected chi connectivity index (χ2v) is 10.0. The van der Waals surface area contributed by atoms with E-state index in [4.69, 9.17) is 4.74 Å². The van der Waals surface area contributed by atoms with Crippen LogP contribution in [0.3, 0.4) is 0 Å². The smallest absolute Gasteiger partial charge is 0.291 e. The lowest BCUT2D eigenvalue weighted by atomic mass is 9.87. The fourth-order valence-electron chi connectivity index (χ4n) is 3.43. The van der Waals surface area contributed by atoms with Crippen molar-refractivity contribution in [2.24, 2.45) is 0 Å². The van der Waals surface area contributed by atoms with Crippen LogP contribution in [0.2, 0.25) is 0 Å². The van der Waals surface area contributed by atoms with Gasteiger partial charge in [-0.1, -0.05) is 88.3 Å². The molecule has 0 bridgehead atoms. The van der Waals surface area contributed by atoms with Gasteiger partial charge in [-0.3, -0.25) is 4.79 Å². The minimum Gasteiger partial charge on any atom is -0.494 e. The van der Waals surface area contributed by atoms with Crippen molar-refractivity contribution in [2.75, 3.05) is 6.61 Å². The molecule has 0 saturated heterocycles. The normalized spacial score (nSPS) is 12.6. The molecule has 6 heteroatoms. The van der Waals surface area contributed by atoms with E-state index >= 15 is 0 Å². The number of unbranched alkanes of at least 4 members (excludes halogenated alkanes) is 2. The summed E-state index contributed by atoms with van der Waals surface area (Å²) in [6.07, 6.45) is 5.30. The highest BCUT2D eigenvalue weighted by molar-refractivity contribution is 7.15. The van der Waals surface area contributed by atoms with E-state index in [0.717, 1.165) is 29.9 Å². The molecule has 32 heavy (non-hydrogen) atoms. The minimum absolute atomic E-state index is 0.0901. The van der Waals surface area contributed by atoms with E-state index in [-0.39, 0.29) is 11.0 Å².